The molecule has 0 radical (unpaired) electrons. The molecule has 4 nitrogen and oxygen atoms in total. The molecule has 0 fully saturated rings. The molecule has 0 spiro atoms. The molecule has 13 rings (SSSR count). The topological polar surface area (TPSA) is 43.6 Å². The van der Waals surface area contributed by atoms with Crippen LogP contribution in [0.5, 0.6) is 0 Å². The molecule has 0 amide bonds. The Bertz CT molecular complexity index is 3940. The van der Waals surface area contributed by atoms with Crippen molar-refractivity contribution < 1.29 is 0 Å². The minimum absolute atomic E-state index is 0.0820. The Balaban J connectivity index is 0.995. The highest BCUT2D eigenvalue weighted by Crippen LogP contribution is 2.49. The third-order valence-corrected chi connectivity index (χ3v) is 15.7. The number of para-hydroxylation sites is 1. The van der Waals surface area contributed by atoms with Gasteiger partial charge in [0.05, 0.1) is 16.7 Å². The minimum atomic E-state index is 0.0820. The number of benzene rings is 9. The summed E-state index contributed by atoms with van der Waals surface area (Å²) in [6, 6.07) is 66.2. The van der Waals surface area contributed by atoms with Crippen LogP contribution in [0, 0.1) is 0 Å². The molecular formula is C61H46N4S. The zero-order chi connectivity index (χ0) is 44.3. The van der Waals surface area contributed by atoms with E-state index in [1.54, 1.807) is 0 Å². The largest absolute Gasteiger partial charge is 0.309 e. The number of hydrogen-bond acceptors (Lipinski definition) is 4. The third kappa shape index (κ3) is 6.07. The molecule has 0 unspecified atom stereocenters. The van der Waals surface area contributed by atoms with Crippen molar-refractivity contribution in [3.05, 3.63) is 193 Å². The van der Waals surface area contributed by atoms with Crippen molar-refractivity contribution >= 4 is 74.9 Å². The van der Waals surface area contributed by atoms with Gasteiger partial charge in [-0.2, -0.15) is 0 Å². The summed E-state index contributed by atoms with van der Waals surface area (Å²) in [5.74, 6) is 1.93. The van der Waals surface area contributed by atoms with Crippen LogP contribution in [0.3, 0.4) is 0 Å². The van der Waals surface area contributed by atoms with Crippen LogP contribution in [0.4, 0.5) is 0 Å². The first-order valence-electron chi connectivity index (χ1n) is 23.1. The molecule has 3 aromatic heterocycles. The van der Waals surface area contributed by atoms with Crippen LogP contribution in [0.2, 0.25) is 0 Å². The van der Waals surface area contributed by atoms with Crippen LogP contribution in [0.1, 0.15) is 51.7 Å². The zero-order valence-corrected chi connectivity index (χ0v) is 38.2. The lowest BCUT2D eigenvalue weighted by atomic mass is 9.63. The smallest absolute Gasteiger partial charge is 0.164 e. The molecule has 5 heteroatoms. The van der Waals surface area contributed by atoms with Crippen molar-refractivity contribution in [2.24, 2.45) is 0 Å². The van der Waals surface area contributed by atoms with Crippen molar-refractivity contribution in [3.8, 4) is 51.0 Å². The van der Waals surface area contributed by atoms with E-state index in [9.17, 15) is 0 Å². The fourth-order valence-corrected chi connectivity index (χ4v) is 12.0. The summed E-state index contributed by atoms with van der Waals surface area (Å²) >= 11 is 1.85. The highest BCUT2D eigenvalue weighted by atomic mass is 32.1. The third-order valence-electron chi connectivity index (χ3n) is 14.5. The molecular weight excluding hydrogens is 821 g/mol. The van der Waals surface area contributed by atoms with Gasteiger partial charge in [-0.25, -0.2) is 15.0 Å². The van der Waals surface area contributed by atoms with Crippen LogP contribution < -0.4 is 0 Å². The molecule has 0 saturated carbocycles. The van der Waals surface area contributed by atoms with Crippen LogP contribution >= 0.6 is 11.3 Å². The molecule has 66 heavy (non-hydrogen) atoms. The molecule has 12 aromatic rings. The molecule has 0 bridgehead atoms. The maximum Gasteiger partial charge on any atom is 0.164 e. The fourth-order valence-electron chi connectivity index (χ4n) is 10.9. The molecule has 9 aromatic carbocycles. The quantitative estimate of drug-likeness (QED) is 0.173. The lowest BCUT2D eigenvalue weighted by Crippen LogP contribution is -2.33. The highest BCUT2D eigenvalue weighted by Gasteiger charge is 2.38. The van der Waals surface area contributed by atoms with Crippen LogP contribution in [0.25, 0.3) is 115 Å². The van der Waals surface area contributed by atoms with Gasteiger partial charge in [-0.05, 0) is 111 Å². The molecule has 0 atom stereocenters. The molecule has 0 N–H and O–H groups in total. The molecule has 0 saturated heterocycles. The van der Waals surface area contributed by atoms with Crippen molar-refractivity contribution in [2.75, 3.05) is 0 Å². The van der Waals surface area contributed by atoms with E-state index in [1.807, 2.05) is 11.3 Å². The van der Waals surface area contributed by atoms with Crippen molar-refractivity contribution in [2.45, 2.75) is 51.4 Å². The van der Waals surface area contributed by atoms with E-state index < -0.39 is 0 Å². The number of hydrogen-bond donors (Lipinski definition) is 0. The maximum absolute atomic E-state index is 5.34. The van der Waals surface area contributed by atoms with Gasteiger partial charge >= 0.3 is 0 Å². The van der Waals surface area contributed by atoms with E-state index in [4.69, 9.17) is 15.0 Å². The molecule has 0 aliphatic heterocycles. The Hall–Kier alpha value is -7.47. The summed E-state index contributed by atoms with van der Waals surface area (Å²) in [7, 11) is 0. The van der Waals surface area contributed by atoms with E-state index in [0.29, 0.717) is 17.5 Å². The minimum Gasteiger partial charge on any atom is -0.309 e. The molecule has 316 valence electrons. The van der Waals surface area contributed by atoms with E-state index in [1.165, 1.54) is 76.9 Å². The predicted molar refractivity (Wildman–Crippen MR) is 279 cm³/mol. The second-order valence-corrected chi connectivity index (χ2v) is 20.5. The second-order valence-electron chi connectivity index (χ2n) is 19.4. The Morgan fingerprint density at radius 1 is 0.409 bits per heavy atom. The SMILES string of the molecule is CC1(C)CCC(C)(C)c2cc3c(cc21)c1ccccc1n3-c1ccc(-c2nc(-c3ccc(-c4cccc5sc6ccccc6c45)cc3)nc(-c3ccc4ccccc4c3)n2)c2ccccc12. The van der Waals surface area contributed by atoms with E-state index in [-0.39, 0.29) is 10.8 Å². The Labute approximate surface area is 387 Å². The van der Waals surface area contributed by atoms with Crippen molar-refractivity contribution in [1.82, 2.24) is 19.5 Å². The van der Waals surface area contributed by atoms with E-state index in [0.717, 1.165) is 44.1 Å². The summed E-state index contributed by atoms with van der Waals surface area (Å²) in [5.41, 5.74) is 12.0. The number of thiophene rings is 1. The van der Waals surface area contributed by atoms with Gasteiger partial charge in [-0.1, -0.05) is 161 Å². The summed E-state index contributed by atoms with van der Waals surface area (Å²) in [6.45, 7) is 9.67. The monoisotopic (exact) mass is 866 g/mol. The van der Waals surface area contributed by atoms with Gasteiger partial charge in [-0.3, -0.25) is 0 Å². The second kappa shape index (κ2) is 14.5. The van der Waals surface area contributed by atoms with Crippen molar-refractivity contribution in [1.29, 1.82) is 0 Å². The normalized spacial score (nSPS) is 14.5. The molecule has 1 aliphatic rings. The zero-order valence-electron chi connectivity index (χ0n) is 37.4. The van der Waals surface area contributed by atoms with Crippen molar-refractivity contribution in [3.63, 3.8) is 0 Å². The summed E-state index contributed by atoms with van der Waals surface area (Å²) < 4.78 is 5.09. The van der Waals surface area contributed by atoms with Crippen LogP contribution in [-0.4, -0.2) is 19.5 Å². The molecule has 3 heterocycles. The van der Waals surface area contributed by atoms with Gasteiger partial charge < -0.3 is 4.57 Å². The van der Waals surface area contributed by atoms with Gasteiger partial charge in [0.15, 0.2) is 17.5 Å². The van der Waals surface area contributed by atoms with E-state index in [2.05, 4.69) is 214 Å². The molecule has 1 aliphatic carbocycles. The summed E-state index contributed by atoms with van der Waals surface area (Å²) in [5, 5.41) is 9.73. The first-order valence-corrected chi connectivity index (χ1v) is 23.9. The fraction of sp³-hybridized carbons (Fsp3) is 0.131. The van der Waals surface area contributed by atoms with Gasteiger partial charge in [0, 0.05) is 53.0 Å². The summed E-state index contributed by atoms with van der Waals surface area (Å²) in [6.07, 6.45) is 2.35. The van der Waals surface area contributed by atoms with Gasteiger partial charge in [-0.15, -0.1) is 11.3 Å². The number of fused-ring (bicyclic) bond motifs is 9. The first-order chi connectivity index (χ1) is 32.2. The van der Waals surface area contributed by atoms with Gasteiger partial charge in [0.25, 0.3) is 0 Å². The standard InChI is InChI=1S/C61H46N4S/c1-60(2)32-33-61(3,4)50-36-53-48(35-49(50)60)45-18-9-11-21-51(45)65(53)52-31-30-46(43-16-7-8-17-44(43)52)59-63-57(62-58(64-59)41-29-24-37-14-5-6-15-40(37)34-41)39-27-25-38(26-28-39)42-20-13-23-55-56(42)47-19-10-12-22-54(47)66-55/h5-31,34-36H,32-33H2,1-4H3. The lowest BCUT2D eigenvalue weighted by molar-refractivity contribution is 0.332. The Kier molecular flexibility index (Phi) is 8.57. The number of rotatable bonds is 5. The number of nitrogens with zero attached hydrogens (tertiary/aromatic N) is 4. The predicted octanol–water partition coefficient (Wildman–Crippen LogP) is 16.7. The number of aromatic nitrogens is 4. The first kappa shape index (κ1) is 38.9. The maximum atomic E-state index is 5.34. The Morgan fingerprint density at radius 3 is 1.82 bits per heavy atom. The van der Waals surface area contributed by atoms with Gasteiger partial charge in [0.2, 0.25) is 0 Å². The van der Waals surface area contributed by atoms with E-state index >= 15 is 0 Å². The lowest BCUT2D eigenvalue weighted by Gasteiger charge is -2.42. The Morgan fingerprint density at radius 2 is 1.02 bits per heavy atom. The van der Waals surface area contributed by atoms with Gasteiger partial charge in [0.1, 0.15) is 0 Å². The highest BCUT2D eigenvalue weighted by molar-refractivity contribution is 7.25. The average molecular weight is 867 g/mol. The summed E-state index contributed by atoms with van der Waals surface area (Å²) in [4.78, 5) is 15.9. The van der Waals surface area contributed by atoms with Crippen LogP contribution in [-0.2, 0) is 10.8 Å². The average Bonchev–Trinajstić information content (AvgIpc) is 3.90. The van der Waals surface area contributed by atoms with Crippen LogP contribution in [0.15, 0.2) is 182 Å².